The van der Waals surface area contributed by atoms with Gasteiger partial charge in [-0.1, -0.05) is 0 Å². The number of benzene rings is 2. The minimum absolute atomic E-state index is 0.0100. The van der Waals surface area contributed by atoms with Gasteiger partial charge < -0.3 is 19.9 Å². The third-order valence-corrected chi connectivity index (χ3v) is 5.79. The molecule has 0 aliphatic rings. The van der Waals surface area contributed by atoms with E-state index >= 15 is 0 Å². The average Bonchev–Trinajstić information content (AvgIpc) is 2.68. The van der Waals surface area contributed by atoms with E-state index in [1.165, 1.54) is 19.2 Å². The average molecular weight is 423 g/mol. The summed E-state index contributed by atoms with van der Waals surface area (Å²) in [4.78, 5) is 12.2. The number of carbonyl (C=O) groups is 1. The van der Waals surface area contributed by atoms with Crippen LogP contribution in [0.3, 0.4) is 0 Å². The maximum atomic E-state index is 12.6. The normalized spacial score (nSPS) is 12.3. The molecule has 0 radical (unpaired) electrons. The van der Waals surface area contributed by atoms with Crippen LogP contribution in [-0.4, -0.2) is 45.7 Å². The fourth-order valence-corrected chi connectivity index (χ4v) is 3.77. The predicted octanol–water partition coefficient (Wildman–Crippen LogP) is 1.88. The standard InChI is InChI=1S/C20H26N2O6S/c1-13-11-18(27-4)19(12-14(13)2)29(25,26)22-10-9-21-20(24)15(3)28-17-7-5-16(23)6-8-17/h5-8,11-12,15,22-23H,9-10H2,1-4H3,(H,21,24). The summed E-state index contributed by atoms with van der Waals surface area (Å²) in [7, 11) is -2.38. The SMILES string of the molecule is COc1cc(C)c(C)cc1S(=O)(=O)NCCNC(=O)C(C)Oc1ccc(O)cc1. The first-order valence-electron chi connectivity index (χ1n) is 9.02. The Balaban J connectivity index is 1.88. The Bertz CT molecular complexity index is 958. The molecule has 0 aliphatic carbocycles. The summed E-state index contributed by atoms with van der Waals surface area (Å²) < 4.78 is 38.3. The summed E-state index contributed by atoms with van der Waals surface area (Å²) in [5.74, 6) is 0.414. The molecule has 158 valence electrons. The number of ether oxygens (including phenoxy) is 2. The highest BCUT2D eigenvalue weighted by Gasteiger charge is 2.21. The third kappa shape index (κ3) is 6.10. The number of sulfonamides is 1. The first-order chi connectivity index (χ1) is 13.6. The largest absolute Gasteiger partial charge is 0.508 e. The lowest BCUT2D eigenvalue weighted by molar-refractivity contribution is -0.127. The zero-order chi connectivity index (χ0) is 21.6. The van der Waals surface area contributed by atoms with Crippen molar-refractivity contribution in [3.8, 4) is 17.2 Å². The lowest BCUT2D eigenvalue weighted by Crippen LogP contribution is -2.40. The Morgan fingerprint density at radius 3 is 2.34 bits per heavy atom. The van der Waals surface area contributed by atoms with Crippen molar-refractivity contribution in [2.45, 2.75) is 31.8 Å². The Kier molecular flexibility index (Phi) is 7.46. The first kappa shape index (κ1) is 22.5. The van der Waals surface area contributed by atoms with Gasteiger partial charge in [0.2, 0.25) is 10.0 Å². The van der Waals surface area contributed by atoms with Gasteiger partial charge in [0.15, 0.2) is 6.10 Å². The molecule has 0 fully saturated rings. The highest BCUT2D eigenvalue weighted by Crippen LogP contribution is 2.27. The number of aryl methyl sites for hydroxylation is 2. The monoisotopic (exact) mass is 422 g/mol. The fourth-order valence-electron chi connectivity index (χ4n) is 2.51. The molecule has 8 nitrogen and oxygen atoms in total. The maximum absolute atomic E-state index is 12.6. The molecular weight excluding hydrogens is 396 g/mol. The van der Waals surface area contributed by atoms with E-state index in [9.17, 15) is 18.3 Å². The van der Waals surface area contributed by atoms with E-state index in [1.807, 2.05) is 13.8 Å². The molecule has 1 unspecified atom stereocenters. The molecule has 1 atom stereocenters. The number of methoxy groups -OCH3 is 1. The Labute approximate surface area is 170 Å². The van der Waals surface area contributed by atoms with E-state index in [4.69, 9.17) is 9.47 Å². The van der Waals surface area contributed by atoms with Gasteiger partial charge in [-0.2, -0.15) is 0 Å². The van der Waals surface area contributed by atoms with E-state index in [0.29, 0.717) is 5.75 Å². The van der Waals surface area contributed by atoms with Crippen molar-refractivity contribution in [1.29, 1.82) is 0 Å². The molecule has 9 heteroatoms. The van der Waals surface area contributed by atoms with E-state index in [1.54, 1.807) is 31.2 Å². The Morgan fingerprint density at radius 1 is 1.10 bits per heavy atom. The predicted molar refractivity (Wildman–Crippen MR) is 109 cm³/mol. The molecule has 2 rings (SSSR count). The van der Waals surface area contributed by atoms with E-state index < -0.39 is 16.1 Å². The lowest BCUT2D eigenvalue weighted by atomic mass is 10.1. The summed E-state index contributed by atoms with van der Waals surface area (Å²) >= 11 is 0. The van der Waals surface area contributed by atoms with Crippen molar-refractivity contribution in [1.82, 2.24) is 10.0 Å². The zero-order valence-corrected chi connectivity index (χ0v) is 17.7. The minimum Gasteiger partial charge on any atom is -0.508 e. The Hall–Kier alpha value is -2.78. The highest BCUT2D eigenvalue weighted by atomic mass is 32.2. The van der Waals surface area contributed by atoms with Crippen molar-refractivity contribution in [3.63, 3.8) is 0 Å². The van der Waals surface area contributed by atoms with Gasteiger partial charge in [-0.15, -0.1) is 0 Å². The summed E-state index contributed by atoms with van der Waals surface area (Å²) in [5, 5.41) is 11.9. The second-order valence-corrected chi connectivity index (χ2v) is 8.27. The molecule has 0 heterocycles. The molecule has 2 aromatic carbocycles. The summed E-state index contributed by atoms with van der Waals surface area (Å²) in [6.07, 6.45) is -0.781. The van der Waals surface area contributed by atoms with Crippen LogP contribution in [0.15, 0.2) is 41.3 Å². The second kappa shape index (κ2) is 9.62. The molecule has 1 amide bonds. The fraction of sp³-hybridized carbons (Fsp3) is 0.350. The van der Waals surface area contributed by atoms with Crippen LogP contribution in [0.4, 0.5) is 0 Å². The van der Waals surface area contributed by atoms with Crippen LogP contribution in [0.25, 0.3) is 0 Å². The van der Waals surface area contributed by atoms with Gasteiger partial charge in [0.25, 0.3) is 5.91 Å². The van der Waals surface area contributed by atoms with Gasteiger partial charge in [-0.3, -0.25) is 4.79 Å². The van der Waals surface area contributed by atoms with Gasteiger partial charge in [-0.05, 0) is 68.3 Å². The van der Waals surface area contributed by atoms with Gasteiger partial charge in [0, 0.05) is 13.1 Å². The van der Waals surface area contributed by atoms with Crippen LogP contribution in [0.1, 0.15) is 18.1 Å². The summed E-state index contributed by atoms with van der Waals surface area (Å²) in [6, 6.07) is 9.23. The van der Waals surface area contributed by atoms with Crippen molar-refractivity contribution in [3.05, 3.63) is 47.5 Å². The summed E-state index contributed by atoms with van der Waals surface area (Å²) in [6.45, 7) is 5.37. The number of carbonyl (C=O) groups excluding carboxylic acids is 1. The molecule has 0 bridgehead atoms. The number of rotatable bonds is 9. The highest BCUT2D eigenvalue weighted by molar-refractivity contribution is 7.89. The van der Waals surface area contributed by atoms with Gasteiger partial charge in [0.05, 0.1) is 7.11 Å². The number of phenolic OH excluding ortho intramolecular Hbond substituents is 1. The molecule has 0 saturated heterocycles. The number of nitrogens with one attached hydrogen (secondary N) is 2. The van der Waals surface area contributed by atoms with Crippen LogP contribution in [-0.2, 0) is 14.8 Å². The van der Waals surface area contributed by atoms with Crippen molar-refractivity contribution < 1.29 is 27.8 Å². The molecule has 0 saturated carbocycles. The topological polar surface area (TPSA) is 114 Å². The van der Waals surface area contributed by atoms with Gasteiger partial charge in [-0.25, -0.2) is 13.1 Å². The van der Waals surface area contributed by atoms with Crippen LogP contribution >= 0.6 is 0 Å². The smallest absolute Gasteiger partial charge is 0.260 e. The number of hydrogen-bond donors (Lipinski definition) is 3. The van der Waals surface area contributed by atoms with E-state index in [-0.39, 0.29) is 35.4 Å². The number of phenols is 1. The van der Waals surface area contributed by atoms with Crippen molar-refractivity contribution in [2.75, 3.05) is 20.2 Å². The first-order valence-corrected chi connectivity index (χ1v) is 10.5. The van der Waals surface area contributed by atoms with Crippen LogP contribution < -0.4 is 19.5 Å². The third-order valence-electron chi connectivity index (χ3n) is 4.30. The van der Waals surface area contributed by atoms with Crippen molar-refractivity contribution >= 4 is 15.9 Å². The zero-order valence-electron chi connectivity index (χ0n) is 16.9. The molecule has 0 spiro atoms. The molecular formula is C20H26N2O6S. The minimum atomic E-state index is -3.79. The van der Waals surface area contributed by atoms with Gasteiger partial charge in [0.1, 0.15) is 22.1 Å². The molecule has 0 aromatic heterocycles. The van der Waals surface area contributed by atoms with Crippen LogP contribution in [0.5, 0.6) is 17.2 Å². The molecule has 2 aromatic rings. The quantitative estimate of drug-likeness (QED) is 0.532. The number of amides is 1. The van der Waals surface area contributed by atoms with Crippen LogP contribution in [0, 0.1) is 13.8 Å². The molecule has 3 N–H and O–H groups in total. The number of hydrogen-bond acceptors (Lipinski definition) is 6. The molecule has 29 heavy (non-hydrogen) atoms. The van der Waals surface area contributed by atoms with E-state index in [2.05, 4.69) is 10.0 Å². The number of aromatic hydroxyl groups is 1. The maximum Gasteiger partial charge on any atom is 0.260 e. The van der Waals surface area contributed by atoms with Gasteiger partial charge >= 0.3 is 0 Å². The van der Waals surface area contributed by atoms with Crippen molar-refractivity contribution in [2.24, 2.45) is 0 Å². The molecule has 0 aliphatic heterocycles. The summed E-state index contributed by atoms with van der Waals surface area (Å²) in [5.41, 5.74) is 1.76. The Morgan fingerprint density at radius 2 is 1.72 bits per heavy atom. The second-order valence-electron chi connectivity index (χ2n) is 6.53. The van der Waals surface area contributed by atoms with Crippen LogP contribution in [0.2, 0.25) is 0 Å². The lowest BCUT2D eigenvalue weighted by Gasteiger charge is -2.16. The van der Waals surface area contributed by atoms with E-state index in [0.717, 1.165) is 11.1 Å².